The van der Waals surface area contributed by atoms with Crippen LogP contribution < -0.4 is 5.90 Å². The summed E-state index contributed by atoms with van der Waals surface area (Å²) in [6.07, 6.45) is 23.9. The van der Waals surface area contributed by atoms with Gasteiger partial charge in [-0.25, -0.2) is 0 Å². The Balaban J connectivity index is -0.000000215. The molecule has 0 aromatic carbocycles. The van der Waals surface area contributed by atoms with Crippen LogP contribution in [-0.2, 0) is 48.1 Å². The zero-order chi connectivity index (χ0) is 48.5. The Labute approximate surface area is 382 Å². The normalized spacial score (nSPS) is 12.1. The van der Waals surface area contributed by atoms with Gasteiger partial charge in [0.15, 0.2) is 5.66 Å². The summed E-state index contributed by atoms with van der Waals surface area (Å²) in [6.45, 7) is 13.7. The number of rotatable bonds is 32. The summed E-state index contributed by atoms with van der Waals surface area (Å²) in [5.41, 5.74) is 0.0464. The van der Waals surface area contributed by atoms with Crippen LogP contribution in [0, 0.1) is 5.92 Å². The van der Waals surface area contributed by atoms with E-state index in [0.29, 0.717) is 32.8 Å². The molecule has 1 aliphatic heterocycles. The van der Waals surface area contributed by atoms with Crippen molar-refractivity contribution in [3.63, 3.8) is 0 Å². The number of ether oxygens (including phenoxy) is 2. The minimum absolute atomic E-state index is 0.0464. The number of nitrogens with two attached hydrogens (primary N) is 1. The van der Waals surface area contributed by atoms with Gasteiger partial charge in [-0.3, -0.25) is 23.7 Å². The van der Waals surface area contributed by atoms with E-state index >= 15 is 0 Å². The molecule has 1 atom stereocenters. The number of halogens is 1. The molecule has 0 fully saturated rings. The van der Waals surface area contributed by atoms with Crippen molar-refractivity contribution in [2.45, 2.75) is 202 Å². The van der Waals surface area contributed by atoms with Gasteiger partial charge in [0.05, 0.1) is 13.2 Å². The number of hydrogen-bond donors (Lipinski definition) is 5. The van der Waals surface area contributed by atoms with Crippen molar-refractivity contribution in [2.24, 2.45) is 22.0 Å². The van der Waals surface area contributed by atoms with Crippen LogP contribution in [-0.4, -0.2) is 102 Å². The molecule has 0 saturated heterocycles. The minimum atomic E-state index is -4.38. The molecule has 0 radical (unpaired) electrons. The fraction of sp³-hybridized carbons (Fsp3) is 0.884. The number of carbonyl (C=O) groups excluding carboxylic acids is 5. The average molecular weight is 981 g/mol. The van der Waals surface area contributed by atoms with E-state index in [0.717, 1.165) is 76.0 Å². The maximum Gasteiger partial charge on any atom is 0.413 e. The fourth-order valence-corrected chi connectivity index (χ4v) is 5.36. The molecule has 0 aliphatic carbocycles. The van der Waals surface area contributed by atoms with Crippen molar-refractivity contribution in [3.05, 3.63) is 0 Å². The molecule has 1 unspecified atom stereocenters. The smallest absolute Gasteiger partial charge is 0.413 e. The van der Waals surface area contributed by atoms with Crippen LogP contribution in [0.25, 0.3) is 0 Å². The Kier molecular flexibility index (Phi) is 57.0. The van der Waals surface area contributed by atoms with Crippen molar-refractivity contribution >= 4 is 55.6 Å². The van der Waals surface area contributed by atoms with Crippen LogP contribution in [0.5, 0.6) is 0 Å². The van der Waals surface area contributed by atoms with E-state index in [1.807, 2.05) is 0 Å². The molecule has 1 heterocycles. The molecule has 6 N–H and O–H groups in total. The lowest BCUT2D eigenvalue weighted by Crippen LogP contribution is -2.24. The van der Waals surface area contributed by atoms with Gasteiger partial charge in [-0.15, -0.1) is 0 Å². The van der Waals surface area contributed by atoms with Gasteiger partial charge in [0.1, 0.15) is 29.7 Å². The van der Waals surface area contributed by atoms with Crippen LogP contribution >= 0.6 is 15.9 Å². The second kappa shape index (κ2) is 51.4. The van der Waals surface area contributed by atoms with Crippen molar-refractivity contribution in [1.29, 1.82) is 0 Å². The first kappa shape index (κ1) is 68.8. The standard InChI is InChI=1S/C12H22O4.C10H20N2.C9H18O2.C6H13BrO.C6H10O3.H3NO4S/c1-3-16-12(15)11(10(2)14)8-6-4-5-7-9-13;1-3-4-5-6-7-8-9-10(2)11-12-10;1-9(11)7-5-3-2-4-6-8-10;7-5-3-1-2-4-6-8;1-3-9-6(8)4-5(2)7;1-5-6(2,3)4/h11,13H,3-9H2,1-2H3;3-9H2,1-2H3;10H,2-8H2,1H3;8H,1-6H2;3-4H2,1-2H3;1H2,(H,2,3,4). The summed E-state index contributed by atoms with van der Waals surface area (Å²) in [6, 6.07) is 0. The number of nitrogens with zero attached hydrogens (tertiary/aromatic N) is 2. The third kappa shape index (κ3) is 66.8. The molecule has 1 rings (SSSR count). The lowest BCUT2D eigenvalue weighted by atomic mass is 9.97. The van der Waals surface area contributed by atoms with Crippen LogP contribution in [0.2, 0.25) is 0 Å². The van der Waals surface area contributed by atoms with Crippen molar-refractivity contribution in [1.82, 2.24) is 0 Å². The van der Waals surface area contributed by atoms with E-state index < -0.39 is 28.3 Å². The van der Waals surface area contributed by atoms with Gasteiger partial charge < -0.3 is 29.6 Å². The highest BCUT2D eigenvalue weighted by Crippen LogP contribution is 2.32. The third-order valence-electron chi connectivity index (χ3n) is 8.46. The van der Waals surface area contributed by atoms with Crippen LogP contribution in [0.15, 0.2) is 10.2 Å². The van der Waals surface area contributed by atoms with E-state index in [1.54, 1.807) is 20.8 Å². The van der Waals surface area contributed by atoms with Gasteiger partial charge in [0, 0.05) is 31.6 Å². The first-order valence-corrected chi connectivity index (χ1v) is 24.8. The Hall–Kier alpha value is -2.26. The number of hydrogen-bond acceptors (Lipinski definition) is 16. The van der Waals surface area contributed by atoms with Gasteiger partial charge >= 0.3 is 22.3 Å². The summed E-state index contributed by atoms with van der Waals surface area (Å²) >= 11 is 3.34. The molecule has 0 aromatic heterocycles. The molecule has 0 bridgehead atoms. The highest BCUT2D eigenvalue weighted by molar-refractivity contribution is 9.09. The average Bonchev–Trinajstić information content (AvgIpc) is 3.94. The maximum absolute atomic E-state index is 11.4. The van der Waals surface area contributed by atoms with Gasteiger partial charge in [-0.2, -0.15) is 28.8 Å². The number of alkyl halides is 1. The van der Waals surface area contributed by atoms with Crippen molar-refractivity contribution < 1.29 is 66.0 Å². The predicted octanol–water partition coefficient (Wildman–Crippen LogP) is 8.67. The van der Waals surface area contributed by atoms with Gasteiger partial charge in [-0.05, 0) is 92.9 Å². The molecule has 0 aromatic rings. The Morgan fingerprint density at radius 1 is 0.645 bits per heavy atom. The highest BCUT2D eigenvalue weighted by atomic mass is 79.9. The van der Waals surface area contributed by atoms with Crippen molar-refractivity contribution in [2.75, 3.05) is 38.4 Å². The summed E-state index contributed by atoms with van der Waals surface area (Å²) < 4.78 is 38.2. The number of aliphatic hydroxyl groups excluding tert-OH is 3. The minimum Gasteiger partial charge on any atom is -0.466 e. The Morgan fingerprint density at radius 3 is 1.44 bits per heavy atom. The van der Waals surface area contributed by atoms with E-state index in [9.17, 15) is 32.4 Å². The first-order chi connectivity index (χ1) is 29.3. The molecule has 0 saturated carbocycles. The lowest BCUT2D eigenvalue weighted by Gasteiger charge is -2.11. The quantitative estimate of drug-likeness (QED) is 0.0105. The lowest BCUT2D eigenvalue weighted by molar-refractivity contribution is -0.151. The Bertz CT molecular complexity index is 1200. The Morgan fingerprint density at radius 2 is 1.06 bits per heavy atom. The molecule has 0 amide bonds. The number of carbonyl (C=O) groups is 5. The summed E-state index contributed by atoms with van der Waals surface area (Å²) in [5, 5.41) is 34.5. The molecule has 19 heteroatoms. The molecule has 17 nitrogen and oxygen atoms in total. The monoisotopic (exact) mass is 980 g/mol. The van der Waals surface area contributed by atoms with E-state index in [1.165, 1.54) is 78.1 Å². The number of ketones is 3. The second-order valence-corrected chi connectivity index (χ2v) is 16.6. The molecule has 370 valence electrons. The largest absolute Gasteiger partial charge is 0.466 e. The number of esters is 2. The molecular formula is C43H86BrN3O14S. The number of Topliss-reactive ketones (excluding diaryl/α,β-unsaturated/α-hetero) is 3. The van der Waals surface area contributed by atoms with Crippen LogP contribution in [0.1, 0.15) is 196 Å². The molecular weight excluding hydrogens is 894 g/mol. The third-order valence-corrected chi connectivity index (χ3v) is 9.26. The molecule has 1 aliphatic rings. The fourth-order valence-electron chi connectivity index (χ4n) is 4.96. The second-order valence-electron chi connectivity index (χ2n) is 14.8. The van der Waals surface area contributed by atoms with E-state index in [4.69, 9.17) is 24.6 Å². The summed E-state index contributed by atoms with van der Waals surface area (Å²) in [7, 11) is -4.38. The maximum atomic E-state index is 11.4. The van der Waals surface area contributed by atoms with Gasteiger partial charge in [-0.1, -0.05) is 106 Å². The van der Waals surface area contributed by atoms with E-state index in [-0.39, 0.29) is 36.0 Å². The topological polar surface area (TPSA) is 279 Å². The first-order valence-electron chi connectivity index (χ1n) is 22.3. The molecule has 0 spiro atoms. The van der Waals surface area contributed by atoms with Gasteiger partial charge in [0.2, 0.25) is 0 Å². The van der Waals surface area contributed by atoms with Crippen LogP contribution in [0.3, 0.4) is 0 Å². The zero-order valence-corrected chi connectivity index (χ0v) is 41.6. The van der Waals surface area contributed by atoms with Crippen molar-refractivity contribution in [3.8, 4) is 0 Å². The number of aliphatic hydroxyl groups is 3. The number of unbranched alkanes of at least 4 members (excludes halogenated alkanes) is 15. The SMILES string of the molecule is CC(=O)CCCCCCCO.CCCCCCCCC1(C)N=N1.CCOC(=O)C(CCCCCCO)C(C)=O.CCOC(=O)CC(C)=O.NOS(=O)(=O)O.OCCCCCCBr. The van der Waals surface area contributed by atoms with Gasteiger partial charge in [0.25, 0.3) is 0 Å². The molecule has 62 heavy (non-hydrogen) atoms. The summed E-state index contributed by atoms with van der Waals surface area (Å²) in [5.74, 6) is 2.52. The van der Waals surface area contributed by atoms with Crippen LogP contribution in [0.4, 0.5) is 0 Å². The highest BCUT2D eigenvalue weighted by Gasteiger charge is 2.32. The summed E-state index contributed by atoms with van der Waals surface area (Å²) in [4.78, 5) is 53.8. The zero-order valence-electron chi connectivity index (χ0n) is 39.2. The van der Waals surface area contributed by atoms with E-state index in [2.05, 4.69) is 54.9 Å². The predicted molar refractivity (Wildman–Crippen MR) is 246 cm³/mol.